The number of morpholine rings is 1. The van der Waals surface area contributed by atoms with Gasteiger partial charge >= 0.3 is 6.18 Å². The van der Waals surface area contributed by atoms with Crippen molar-refractivity contribution in [2.75, 3.05) is 39.4 Å². The molecule has 34 heavy (non-hydrogen) atoms. The highest BCUT2D eigenvalue weighted by Gasteiger charge is 2.36. The standard InChI is InChI=1S/C23H27F3N4O4/c24-23(25,26)20-7-9-30(27-20)16-22(32)29-8-6-19(34-18-4-2-1-3-5-18)17(15-29)14-21(31)28-10-12-33-13-11-28/h1-5,7,9,17,19H,6,8,10-16H2/t17-,19-/m0/s1. The van der Waals surface area contributed by atoms with E-state index in [0.29, 0.717) is 45.0 Å². The maximum Gasteiger partial charge on any atom is 0.435 e. The van der Waals surface area contributed by atoms with Gasteiger partial charge in [0.15, 0.2) is 5.69 Å². The molecule has 2 fully saturated rings. The maximum atomic E-state index is 12.9. The number of alkyl halides is 3. The van der Waals surface area contributed by atoms with Gasteiger partial charge in [0.1, 0.15) is 18.4 Å². The normalized spacial score (nSPS) is 21.4. The lowest BCUT2D eigenvalue weighted by atomic mass is 9.90. The summed E-state index contributed by atoms with van der Waals surface area (Å²) >= 11 is 0. The number of piperidine rings is 1. The fraction of sp³-hybridized carbons (Fsp3) is 0.522. The molecule has 1 aromatic heterocycles. The highest BCUT2D eigenvalue weighted by atomic mass is 19.4. The van der Waals surface area contributed by atoms with Crippen molar-refractivity contribution in [3.05, 3.63) is 48.3 Å². The highest BCUT2D eigenvalue weighted by Crippen LogP contribution is 2.28. The van der Waals surface area contributed by atoms with Gasteiger partial charge in [0.2, 0.25) is 11.8 Å². The lowest BCUT2D eigenvalue weighted by molar-refractivity contribution is -0.143. The van der Waals surface area contributed by atoms with Gasteiger partial charge in [-0.1, -0.05) is 18.2 Å². The molecule has 2 amide bonds. The van der Waals surface area contributed by atoms with Crippen LogP contribution in [0.2, 0.25) is 0 Å². The summed E-state index contributed by atoms with van der Waals surface area (Å²) in [6.45, 7) is 2.40. The predicted molar refractivity (Wildman–Crippen MR) is 115 cm³/mol. The molecule has 2 aliphatic heterocycles. The van der Waals surface area contributed by atoms with E-state index in [4.69, 9.17) is 9.47 Å². The molecular weight excluding hydrogens is 453 g/mol. The zero-order valence-electron chi connectivity index (χ0n) is 18.6. The summed E-state index contributed by atoms with van der Waals surface area (Å²) < 4.78 is 50.9. The second-order valence-corrected chi connectivity index (χ2v) is 8.45. The van der Waals surface area contributed by atoms with Crippen LogP contribution in [0.4, 0.5) is 13.2 Å². The van der Waals surface area contributed by atoms with Gasteiger partial charge in [-0.25, -0.2) is 0 Å². The third-order valence-corrected chi connectivity index (χ3v) is 6.08. The molecule has 0 aliphatic carbocycles. The molecule has 2 aliphatic rings. The lowest BCUT2D eigenvalue weighted by Gasteiger charge is -2.39. The van der Waals surface area contributed by atoms with Crippen LogP contribution in [0, 0.1) is 5.92 Å². The Morgan fingerprint density at radius 2 is 1.76 bits per heavy atom. The van der Waals surface area contributed by atoms with Crippen LogP contribution in [0.1, 0.15) is 18.5 Å². The van der Waals surface area contributed by atoms with E-state index >= 15 is 0 Å². The first-order chi connectivity index (χ1) is 16.3. The number of benzene rings is 1. The first-order valence-corrected chi connectivity index (χ1v) is 11.3. The summed E-state index contributed by atoms with van der Waals surface area (Å²) in [7, 11) is 0. The molecule has 11 heteroatoms. The molecule has 4 rings (SSSR count). The van der Waals surface area contributed by atoms with Crippen molar-refractivity contribution >= 4 is 11.8 Å². The van der Waals surface area contributed by atoms with Crippen molar-refractivity contribution < 1.29 is 32.2 Å². The summed E-state index contributed by atoms with van der Waals surface area (Å²) in [5.74, 6) is 0.0638. The summed E-state index contributed by atoms with van der Waals surface area (Å²) in [6.07, 6.45) is -2.97. The van der Waals surface area contributed by atoms with Crippen molar-refractivity contribution in [3.63, 3.8) is 0 Å². The number of nitrogens with zero attached hydrogens (tertiary/aromatic N) is 4. The van der Waals surface area contributed by atoms with E-state index in [1.165, 1.54) is 0 Å². The van der Waals surface area contributed by atoms with Gasteiger partial charge in [0.25, 0.3) is 0 Å². The van der Waals surface area contributed by atoms with E-state index in [1.54, 1.807) is 9.80 Å². The summed E-state index contributed by atoms with van der Waals surface area (Å²) in [5.41, 5.74) is -1.04. The molecule has 2 saturated heterocycles. The highest BCUT2D eigenvalue weighted by molar-refractivity contribution is 5.78. The van der Waals surface area contributed by atoms with Crippen molar-refractivity contribution in [3.8, 4) is 5.75 Å². The minimum Gasteiger partial charge on any atom is -0.490 e. The average molecular weight is 480 g/mol. The zero-order chi connectivity index (χ0) is 24.1. The summed E-state index contributed by atoms with van der Waals surface area (Å²) in [4.78, 5) is 29.1. The molecule has 8 nitrogen and oxygen atoms in total. The molecule has 1 aromatic carbocycles. The van der Waals surface area contributed by atoms with Crippen LogP contribution in [0.3, 0.4) is 0 Å². The van der Waals surface area contributed by atoms with Crippen LogP contribution >= 0.6 is 0 Å². The molecule has 2 atom stereocenters. The molecule has 0 unspecified atom stereocenters. The van der Waals surface area contributed by atoms with Crippen LogP contribution in [0.5, 0.6) is 5.75 Å². The summed E-state index contributed by atoms with van der Waals surface area (Å²) in [6, 6.07) is 10.1. The molecule has 3 heterocycles. The number of para-hydroxylation sites is 1. The van der Waals surface area contributed by atoms with Gasteiger partial charge in [-0.3, -0.25) is 14.3 Å². The number of halogens is 3. The molecule has 0 N–H and O–H groups in total. The molecule has 2 aromatic rings. The second-order valence-electron chi connectivity index (χ2n) is 8.45. The minimum atomic E-state index is -4.56. The number of ether oxygens (including phenoxy) is 2. The molecule has 0 saturated carbocycles. The van der Waals surface area contributed by atoms with Crippen LogP contribution in [0.15, 0.2) is 42.6 Å². The smallest absolute Gasteiger partial charge is 0.435 e. The number of likely N-dealkylation sites (tertiary alicyclic amines) is 1. The zero-order valence-corrected chi connectivity index (χ0v) is 18.6. The largest absolute Gasteiger partial charge is 0.490 e. The first kappa shape index (κ1) is 24.1. The van der Waals surface area contributed by atoms with Crippen molar-refractivity contribution in [1.82, 2.24) is 19.6 Å². The van der Waals surface area contributed by atoms with Crippen LogP contribution in [0.25, 0.3) is 0 Å². The Kier molecular flexibility index (Phi) is 7.40. The third kappa shape index (κ3) is 6.07. The fourth-order valence-electron chi connectivity index (χ4n) is 4.27. The number of carbonyl (C=O) groups excluding carboxylic acids is 2. The lowest BCUT2D eigenvalue weighted by Crippen LogP contribution is -2.51. The number of carbonyl (C=O) groups is 2. The van der Waals surface area contributed by atoms with Gasteiger partial charge in [0, 0.05) is 51.1 Å². The minimum absolute atomic E-state index is 0.0221. The predicted octanol–water partition coefficient (Wildman–Crippen LogP) is 2.45. The van der Waals surface area contributed by atoms with Gasteiger partial charge in [-0.05, 0) is 18.2 Å². The van der Waals surface area contributed by atoms with Crippen LogP contribution < -0.4 is 4.74 Å². The molecular formula is C23H27F3N4O4. The number of amides is 2. The van der Waals surface area contributed by atoms with Gasteiger partial charge in [0.05, 0.1) is 13.2 Å². The quantitative estimate of drug-likeness (QED) is 0.635. The van der Waals surface area contributed by atoms with Crippen molar-refractivity contribution in [1.29, 1.82) is 0 Å². The van der Waals surface area contributed by atoms with E-state index in [9.17, 15) is 22.8 Å². The molecule has 0 radical (unpaired) electrons. The second kappa shape index (κ2) is 10.5. The maximum absolute atomic E-state index is 12.9. The number of rotatable bonds is 6. The Morgan fingerprint density at radius 3 is 2.44 bits per heavy atom. The number of hydrogen-bond donors (Lipinski definition) is 0. The Hall–Kier alpha value is -3.08. The van der Waals surface area contributed by atoms with E-state index in [-0.39, 0.29) is 43.3 Å². The fourth-order valence-corrected chi connectivity index (χ4v) is 4.27. The Morgan fingerprint density at radius 1 is 1.03 bits per heavy atom. The number of aromatic nitrogens is 2. The van der Waals surface area contributed by atoms with Crippen molar-refractivity contribution in [2.45, 2.75) is 31.7 Å². The third-order valence-electron chi connectivity index (χ3n) is 6.08. The van der Waals surface area contributed by atoms with Gasteiger partial charge < -0.3 is 19.3 Å². The van der Waals surface area contributed by atoms with E-state index in [0.717, 1.165) is 16.9 Å². The number of hydrogen-bond acceptors (Lipinski definition) is 5. The van der Waals surface area contributed by atoms with Gasteiger partial charge in [-0.2, -0.15) is 18.3 Å². The van der Waals surface area contributed by atoms with Gasteiger partial charge in [-0.15, -0.1) is 0 Å². The van der Waals surface area contributed by atoms with Crippen LogP contribution in [-0.2, 0) is 27.0 Å². The monoisotopic (exact) mass is 480 g/mol. The van der Waals surface area contributed by atoms with Crippen LogP contribution in [-0.4, -0.2) is 76.9 Å². The average Bonchev–Trinajstić information content (AvgIpc) is 3.30. The van der Waals surface area contributed by atoms with E-state index in [1.807, 2.05) is 30.3 Å². The Balaban J connectivity index is 1.43. The Labute approximate surface area is 195 Å². The van der Waals surface area contributed by atoms with E-state index in [2.05, 4.69) is 5.10 Å². The SMILES string of the molecule is O=C(C[C@H]1CN(C(=O)Cn2ccc(C(F)(F)F)n2)CC[C@@H]1Oc1ccccc1)N1CCOCC1. The van der Waals surface area contributed by atoms with Crippen molar-refractivity contribution in [2.24, 2.45) is 5.92 Å². The topological polar surface area (TPSA) is 76.9 Å². The first-order valence-electron chi connectivity index (χ1n) is 11.3. The summed E-state index contributed by atoms with van der Waals surface area (Å²) in [5, 5.41) is 3.46. The molecule has 0 spiro atoms. The molecule has 184 valence electrons. The van der Waals surface area contributed by atoms with E-state index < -0.39 is 11.9 Å². The molecule has 0 bridgehead atoms. The Bertz CT molecular complexity index is 976.